The van der Waals surface area contributed by atoms with Gasteiger partial charge in [0.05, 0.1) is 5.69 Å². The van der Waals surface area contributed by atoms with Crippen LogP contribution in [-0.4, -0.2) is 33.7 Å². The highest BCUT2D eigenvalue weighted by Crippen LogP contribution is 2.35. The van der Waals surface area contributed by atoms with Crippen LogP contribution >= 0.6 is 0 Å². The first-order chi connectivity index (χ1) is 16.5. The number of aromatic nitrogens is 2. The van der Waals surface area contributed by atoms with Crippen LogP contribution in [0.3, 0.4) is 0 Å². The molecule has 5 rings (SSSR count). The summed E-state index contributed by atoms with van der Waals surface area (Å²) in [6, 6.07) is 19.5. The number of rotatable bonds is 6. The zero-order valence-corrected chi connectivity index (χ0v) is 18.2. The van der Waals surface area contributed by atoms with Crippen LogP contribution < -0.4 is 5.73 Å². The Morgan fingerprint density at radius 2 is 1.59 bits per heavy atom. The SMILES string of the molecule is Nc1ccc(CCN2C(=O)COC2c2nn(-c3ccc(F)cc3)cc2-c2ccc(F)cc2)cc1. The fourth-order valence-electron chi connectivity index (χ4n) is 4.00. The third kappa shape index (κ3) is 4.40. The highest BCUT2D eigenvalue weighted by atomic mass is 19.1. The number of hydrogen-bond donors (Lipinski definition) is 1. The molecule has 1 atom stereocenters. The van der Waals surface area contributed by atoms with E-state index in [0.29, 0.717) is 35.6 Å². The molecule has 1 amide bonds. The molecule has 0 radical (unpaired) electrons. The van der Waals surface area contributed by atoms with Crippen LogP contribution in [0.5, 0.6) is 0 Å². The molecule has 6 nitrogen and oxygen atoms in total. The van der Waals surface area contributed by atoms with Gasteiger partial charge in [0.2, 0.25) is 0 Å². The van der Waals surface area contributed by atoms with E-state index in [0.717, 1.165) is 11.1 Å². The van der Waals surface area contributed by atoms with E-state index < -0.39 is 6.23 Å². The molecule has 1 aromatic heterocycles. The second-order valence-corrected chi connectivity index (χ2v) is 8.10. The smallest absolute Gasteiger partial charge is 0.251 e. The van der Waals surface area contributed by atoms with E-state index in [1.165, 1.54) is 24.3 Å². The van der Waals surface area contributed by atoms with Crippen molar-refractivity contribution in [2.75, 3.05) is 18.9 Å². The third-order valence-electron chi connectivity index (χ3n) is 5.81. The van der Waals surface area contributed by atoms with Crippen LogP contribution in [-0.2, 0) is 16.0 Å². The van der Waals surface area contributed by atoms with Crippen molar-refractivity contribution < 1.29 is 18.3 Å². The monoisotopic (exact) mass is 460 g/mol. The Balaban J connectivity index is 1.50. The van der Waals surface area contributed by atoms with Crippen LogP contribution in [0.15, 0.2) is 79.0 Å². The topological polar surface area (TPSA) is 73.4 Å². The lowest BCUT2D eigenvalue weighted by atomic mass is 10.1. The number of nitrogens with zero attached hydrogens (tertiary/aromatic N) is 3. The van der Waals surface area contributed by atoms with Crippen molar-refractivity contribution in [2.45, 2.75) is 12.6 Å². The van der Waals surface area contributed by atoms with Crippen LogP contribution in [0.25, 0.3) is 16.8 Å². The van der Waals surface area contributed by atoms with Gasteiger partial charge in [0.15, 0.2) is 6.23 Å². The highest BCUT2D eigenvalue weighted by molar-refractivity contribution is 5.80. The second kappa shape index (κ2) is 9.07. The number of benzene rings is 3. The molecule has 34 heavy (non-hydrogen) atoms. The molecule has 2 N–H and O–H groups in total. The molecule has 3 aromatic carbocycles. The van der Waals surface area contributed by atoms with E-state index in [4.69, 9.17) is 15.6 Å². The first kappa shape index (κ1) is 21.8. The van der Waals surface area contributed by atoms with Gasteiger partial charge in [-0.1, -0.05) is 24.3 Å². The van der Waals surface area contributed by atoms with Crippen molar-refractivity contribution in [1.82, 2.24) is 14.7 Å². The second-order valence-electron chi connectivity index (χ2n) is 8.10. The van der Waals surface area contributed by atoms with Crippen molar-refractivity contribution in [1.29, 1.82) is 0 Å². The summed E-state index contributed by atoms with van der Waals surface area (Å²) in [5.41, 5.74) is 10.1. The fourth-order valence-corrected chi connectivity index (χ4v) is 4.00. The minimum atomic E-state index is -0.706. The van der Waals surface area contributed by atoms with E-state index in [9.17, 15) is 13.6 Å². The minimum Gasteiger partial charge on any atom is -0.399 e. The molecule has 1 aliphatic rings. The van der Waals surface area contributed by atoms with Gasteiger partial charge >= 0.3 is 0 Å². The lowest BCUT2D eigenvalue weighted by Gasteiger charge is -2.23. The van der Waals surface area contributed by atoms with E-state index in [2.05, 4.69) is 0 Å². The quantitative estimate of drug-likeness (QED) is 0.430. The first-order valence-corrected chi connectivity index (χ1v) is 10.8. The Bertz CT molecular complexity index is 1300. The summed E-state index contributed by atoms with van der Waals surface area (Å²) >= 11 is 0. The largest absolute Gasteiger partial charge is 0.399 e. The van der Waals surface area contributed by atoms with Gasteiger partial charge in [0.1, 0.15) is 23.9 Å². The summed E-state index contributed by atoms with van der Waals surface area (Å²) in [6.45, 7) is 0.373. The predicted octanol–water partition coefficient (Wildman–Crippen LogP) is 4.50. The molecule has 2 heterocycles. The van der Waals surface area contributed by atoms with Gasteiger partial charge in [-0.15, -0.1) is 0 Å². The molecule has 1 unspecified atom stereocenters. The number of nitrogen functional groups attached to an aromatic ring is 1. The van der Waals surface area contributed by atoms with Gasteiger partial charge in [-0.25, -0.2) is 13.5 Å². The van der Waals surface area contributed by atoms with Gasteiger partial charge in [0, 0.05) is 24.0 Å². The first-order valence-electron chi connectivity index (χ1n) is 10.8. The molecule has 8 heteroatoms. The molecule has 1 fully saturated rings. The van der Waals surface area contributed by atoms with Crippen LogP contribution in [0.4, 0.5) is 14.5 Å². The summed E-state index contributed by atoms with van der Waals surface area (Å²) < 4.78 is 34.5. The Kier molecular flexibility index (Phi) is 5.81. The van der Waals surface area contributed by atoms with E-state index in [1.807, 2.05) is 24.3 Å². The van der Waals surface area contributed by atoms with Gasteiger partial charge in [-0.2, -0.15) is 5.10 Å². The summed E-state index contributed by atoms with van der Waals surface area (Å²) in [4.78, 5) is 14.3. The van der Waals surface area contributed by atoms with Gasteiger partial charge in [-0.05, 0) is 66.1 Å². The number of carbonyl (C=O) groups excluding carboxylic acids is 1. The van der Waals surface area contributed by atoms with E-state index in [-0.39, 0.29) is 24.1 Å². The molecule has 4 aromatic rings. The molecule has 1 saturated heterocycles. The lowest BCUT2D eigenvalue weighted by molar-refractivity contribution is -0.128. The van der Waals surface area contributed by atoms with Crippen molar-refractivity contribution >= 4 is 11.6 Å². The Morgan fingerprint density at radius 3 is 2.26 bits per heavy atom. The van der Waals surface area contributed by atoms with Gasteiger partial charge in [-0.3, -0.25) is 4.79 Å². The number of hydrogen-bond acceptors (Lipinski definition) is 4. The Hall–Kier alpha value is -4.04. The predicted molar refractivity (Wildman–Crippen MR) is 124 cm³/mol. The number of carbonyl (C=O) groups is 1. The summed E-state index contributed by atoms with van der Waals surface area (Å²) in [7, 11) is 0. The van der Waals surface area contributed by atoms with E-state index in [1.54, 1.807) is 40.0 Å². The molecule has 0 spiro atoms. The van der Waals surface area contributed by atoms with Crippen LogP contribution in [0.1, 0.15) is 17.5 Å². The number of amides is 1. The van der Waals surface area contributed by atoms with Crippen molar-refractivity contribution in [3.8, 4) is 16.8 Å². The summed E-state index contributed by atoms with van der Waals surface area (Å²) in [6.07, 6.45) is 1.69. The summed E-state index contributed by atoms with van der Waals surface area (Å²) in [5.74, 6) is -0.844. The van der Waals surface area contributed by atoms with Crippen molar-refractivity contribution in [2.24, 2.45) is 0 Å². The molecular weight excluding hydrogens is 438 g/mol. The fraction of sp³-hybridized carbons (Fsp3) is 0.154. The molecule has 0 saturated carbocycles. The zero-order chi connectivity index (χ0) is 23.7. The standard InChI is InChI=1S/C26H22F2N4O2/c27-19-5-3-18(4-6-19)23-15-32(22-11-7-20(28)8-12-22)30-25(23)26-31(24(33)16-34-26)14-13-17-1-9-21(29)10-2-17/h1-12,15,26H,13-14,16,29H2. The molecular formula is C26H22F2N4O2. The van der Waals surface area contributed by atoms with Gasteiger partial charge < -0.3 is 15.4 Å². The lowest BCUT2D eigenvalue weighted by Crippen LogP contribution is -2.31. The highest BCUT2D eigenvalue weighted by Gasteiger charge is 2.36. The Labute approximate surface area is 195 Å². The number of ether oxygens (including phenoxy) is 1. The average Bonchev–Trinajstić information content (AvgIpc) is 3.43. The maximum Gasteiger partial charge on any atom is 0.251 e. The molecule has 0 bridgehead atoms. The van der Waals surface area contributed by atoms with Crippen LogP contribution in [0.2, 0.25) is 0 Å². The van der Waals surface area contributed by atoms with Crippen LogP contribution in [0, 0.1) is 11.6 Å². The minimum absolute atomic E-state index is 0.0569. The number of anilines is 1. The Morgan fingerprint density at radius 1 is 0.941 bits per heavy atom. The number of nitrogens with two attached hydrogens (primary N) is 1. The maximum absolute atomic E-state index is 13.6. The normalized spacial score (nSPS) is 15.8. The molecule has 1 aliphatic heterocycles. The summed E-state index contributed by atoms with van der Waals surface area (Å²) in [5, 5.41) is 4.71. The van der Waals surface area contributed by atoms with Crippen molar-refractivity contribution in [3.63, 3.8) is 0 Å². The maximum atomic E-state index is 13.6. The molecule has 0 aliphatic carbocycles. The zero-order valence-electron chi connectivity index (χ0n) is 18.2. The average molecular weight is 460 g/mol. The molecule has 172 valence electrons. The van der Waals surface area contributed by atoms with Gasteiger partial charge in [0.25, 0.3) is 5.91 Å². The number of halogens is 2. The van der Waals surface area contributed by atoms with Crippen molar-refractivity contribution in [3.05, 3.63) is 102 Å². The van der Waals surface area contributed by atoms with E-state index >= 15 is 0 Å². The third-order valence-corrected chi connectivity index (χ3v) is 5.81.